The number of rotatable bonds is 7. The molecule has 0 unspecified atom stereocenters. The SMILES string of the molecule is C=C(C)[C@@H]1CC[C@]2(C(=O)O)CC[C@]3(C)[C@H](CC[C@@H]4[C@@]5(C)CC[C@H](O[C@@H]6OC[C@H](O)[C@H](O)[C@H]6O[C@H]6O[C@H](C)[C@@H](O)[C@H](O)[C@@H]6O)[C@@](C)(CO)[C@@H]5CC[C@]43C)[C@@H]12. The zero-order valence-electron chi connectivity index (χ0n) is 32.5. The van der Waals surface area contributed by atoms with Gasteiger partial charge < -0.3 is 54.7 Å². The molecule has 5 aliphatic carbocycles. The van der Waals surface area contributed by atoms with Gasteiger partial charge in [-0.25, -0.2) is 0 Å². The first kappa shape index (κ1) is 40.0. The van der Waals surface area contributed by atoms with Crippen molar-refractivity contribution in [2.75, 3.05) is 13.2 Å². The van der Waals surface area contributed by atoms with Crippen LogP contribution in [0.5, 0.6) is 0 Å². The monoisotopic (exact) mass is 750 g/mol. The lowest BCUT2D eigenvalue weighted by molar-refractivity contribution is -0.366. The molecule has 0 amide bonds. The van der Waals surface area contributed by atoms with E-state index in [1.165, 1.54) is 6.92 Å². The van der Waals surface area contributed by atoms with Gasteiger partial charge in [0, 0.05) is 5.41 Å². The second-order valence-electron chi connectivity index (χ2n) is 19.5. The predicted octanol–water partition coefficient (Wildman–Crippen LogP) is 3.38. The van der Waals surface area contributed by atoms with Crippen molar-refractivity contribution in [3.8, 4) is 0 Å². The molecule has 7 N–H and O–H groups in total. The highest BCUT2D eigenvalue weighted by Gasteiger charge is 2.72. The third-order valence-electron chi connectivity index (χ3n) is 17.4. The summed E-state index contributed by atoms with van der Waals surface area (Å²) < 4.78 is 24.3. The quantitative estimate of drug-likeness (QED) is 0.148. The lowest BCUT2D eigenvalue weighted by atomic mass is 9.32. The Kier molecular flexibility index (Phi) is 10.4. The Balaban J connectivity index is 1.14. The molecule has 0 radical (unpaired) electrons. The van der Waals surface area contributed by atoms with E-state index in [0.29, 0.717) is 24.7 Å². The average Bonchev–Trinajstić information content (AvgIpc) is 3.52. The molecule has 0 aromatic carbocycles. The molecule has 53 heavy (non-hydrogen) atoms. The summed E-state index contributed by atoms with van der Waals surface area (Å²) in [5, 5.41) is 74.9. The van der Waals surface area contributed by atoms with Gasteiger partial charge in [0.25, 0.3) is 0 Å². The van der Waals surface area contributed by atoms with E-state index in [-0.39, 0.29) is 47.2 Å². The molecule has 2 aliphatic heterocycles. The van der Waals surface area contributed by atoms with E-state index in [9.17, 15) is 40.5 Å². The van der Waals surface area contributed by atoms with Crippen molar-refractivity contribution in [2.45, 2.75) is 167 Å². The minimum Gasteiger partial charge on any atom is -0.481 e. The fourth-order valence-corrected chi connectivity index (χ4v) is 14.2. The van der Waals surface area contributed by atoms with E-state index < -0.39 is 78.2 Å². The van der Waals surface area contributed by atoms with Crippen LogP contribution < -0.4 is 0 Å². The molecule has 7 fully saturated rings. The molecule has 0 aromatic heterocycles. The van der Waals surface area contributed by atoms with Gasteiger partial charge in [0.05, 0.1) is 30.8 Å². The number of aliphatic hydroxyl groups excluding tert-OH is 6. The molecule has 12 nitrogen and oxygen atoms in total. The number of hydrogen-bond donors (Lipinski definition) is 7. The van der Waals surface area contributed by atoms with Gasteiger partial charge >= 0.3 is 5.97 Å². The molecule has 20 atom stereocenters. The Morgan fingerprint density at radius 3 is 2.17 bits per heavy atom. The maximum atomic E-state index is 13.0. The Labute approximate surface area is 314 Å². The third kappa shape index (κ3) is 5.69. The van der Waals surface area contributed by atoms with Crippen molar-refractivity contribution >= 4 is 5.97 Å². The first-order chi connectivity index (χ1) is 24.8. The molecule has 2 saturated heterocycles. The Morgan fingerprint density at radius 1 is 0.792 bits per heavy atom. The van der Waals surface area contributed by atoms with Crippen LogP contribution in [0.2, 0.25) is 0 Å². The molecule has 7 rings (SSSR count). The summed E-state index contributed by atoms with van der Waals surface area (Å²) in [5.41, 5.74) is -0.394. The fraction of sp³-hybridized carbons (Fsp3) is 0.927. The number of fused-ring (bicyclic) bond motifs is 7. The average molecular weight is 751 g/mol. The highest BCUT2D eigenvalue weighted by atomic mass is 16.8. The van der Waals surface area contributed by atoms with Crippen LogP contribution in [0.1, 0.15) is 106 Å². The molecular formula is C41H66O12. The number of aliphatic hydroxyl groups is 6. The van der Waals surface area contributed by atoms with Crippen LogP contribution in [0.25, 0.3) is 0 Å². The van der Waals surface area contributed by atoms with Gasteiger partial charge in [0.1, 0.15) is 36.6 Å². The molecule has 0 aromatic rings. The number of allylic oxidation sites excluding steroid dienone is 1. The van der Waals surface area contributed by atoms with Crippen LogP contribution in [0.4, 0.5) is 0 Å². The third-order valence-corrected chi connectivity index (χ3v) is 17.4. The van der Waals surface area contributed by atoms with Gasteiger partial charge in [-0.1, -0.05) is 39.8 Å². The zero-order chi connectivity index (χ0) is 38.6. The summed E-state index contributed by atoms with van der Waals surface area (Å²) >= 11 is 0. The maximum Gasteiger partial charge on any atom is 0.309 e. The number of ether oxygens (including phenoxy) is 4. The van der Waals surface area contributed by atoms with E-state index in [0.717, 1.165) is 56.9 Å². The van der Waals surface area contributed by atoms with Gasteiger partial charge in [-0.15, -0.1) is 0 Å². The molecule has 5 saturated carbocycles. The number of carbonyl (C=O) groups is 1. The summed E-state index contributed by atoms with van der Waals surface area (Å²) in [7, 11) is 0. The lowest BCUT2D eigenvalue weighted by Gasteiger charge is -2.73. The second kappa shape index (κ2) is 13.7. The van der Waals surface area contributed by atoms with Gasteiger partial charge in [0.2, 0.25) is 0 Å². The Hall–Kier alpha value is -1.19. The van der Waals surface area contributed by atoms with Crippen LogP contribution in [0, 0.1) is 56.7 Å². The minimum absolute atomic E-state index is 0.0140. The van der Waals surface area contributed by atoms with Crippen LogP contribution in [0.15, 0.2) is 12.2 Å². The standard InChI is InChI=1S/C41H66O12/c1-20(2)22-10-15-41(36(48)49)17-16-39(6)23(28(22)41)8-9-26-37(4)13-12-27(38(5,19-42)25(37)11-14-40(26,39)7)52-35-33(30(45)24(43)18-50-35)53-34-32(47)31(46)29(44)21(3)51-34/h21-35,42-47H,1,8-19H2,2-7H3,(H,48,49)/t21-,22+,23-,24+,25-,26-,27+,28-,29-,30+,31+,32+,33-,34-,35+,37+,38+,39-,40-,41+/m1/s1. The smallest absolute Gasteiger partial charge is 0.309 e. The summed E-state index contributed by atoms with van der Waals surface area (Å²) in [6.45, 7) is 17.1. The van der Waals surface area contributed by atoms with E-state index in [4.69, 9.17) is 18.9 Å². The number of hydrogen-bond acceptors (Lipinski definition) is 11. The molecule has 0 spiro atoms. The van der Waals surface area contributed by atoms with Crippen LogP contribution in [-0.4, -0.2) is 116 Å². The summed E-state index contributed by atoms with van der Waals surface area (Å²) in [4.78, 5) is 13.0. The van der Waals surface area contributed by atoms with Crippen LogP contribution in [0.3, 0.4) is 0 Å². The minimum atomic E-state index is -1.62. The summed E-state index contributed by atoms with van der Waals surface area (Å²) in [5.74, 6) is 0.490. The van der Waals surface area contributed by atoms with Crippen LogP contribution in [-0.2, 0) is 23.7 Å². The van der Waals surface area contributed by atoms with E-state index in [2.05, 4.69) is 41.2 Å². The van der Waals surface area contributed by atoms with Crippen molar-refractivity contribution in [2.24, 2.45) is 56.7 Å². The maximum absolute atomic E-state index is 13.0. The Bertz CT molecular complexity index is 1410. The van der Waals surface area contributed by atoms with Crippen LogP contribution >= 0.6 is 0 Å². The highest BCUT2D eigenvalue weighted by Crippen LogP contribution is 2.77. The van der Waals surface area contributed by atoms with Crippen molar-refractivity contribution in [1.29, 1.82) is 0 Å². The lowest BCUT2D eigenvalue weighted by Crippen LogP contribution is -2.68. The fourth-order valence-electron chi connectivity index (χ4n) is 14.2. The molecule has 7 aliphatic rings. The molecule has 12 heteroatoms. The summed E-state index contributed by atoms with van der Waals surface area (Å²) in [6.07, 6.45) is -3.90. The Morgan fingerprint density at radius 2 is 1.51 bits per heavy atom. The van der Waals surface area contributed by atoms with Crippen molar-refractivity contribution in [1.82, 2.24) is 0 Å². The number of aliphatic carboxylic acids is 1. The first-order valence-electron chi connectivity index (χ1n) is 20.3. The van der Waals surface area contributed by atoms with E-state index >= 15 is 0 Å². The molecule has 2 heterocycles. The van der Waals surface area contributed by atoms with E-state index in [1.54, 1.807) is 0 Å². The first-order valence-corrected chi connectivity index (χ1v) is 20.3. The second-order valence-corrected chi connectivity index (χ2v) is 19.5. The van der Waals surface area contributed by atoms with E-state index in [1.807, 2.05) is 0 Å². The molecule has 0 bridgehead atoms. The number of carboxylic acids is 1. The van der Waals surface area contributed by atoms with Crippen molar-refractivity contribution in [3.63, 3.8) is 0 Å². The largest absolute Gasteiger partial charge is 0.481 e. The van der Waals surface area contributed by atoms with Gasteiger partial charge in [-0.05, 0) is 124 Å². The zero-order valence-corrected chi connectivity index (χ0v) is 32.5. The number of carboxylic acid groups (broad SMARTS) is 1. The van der Waals surface area contributed by atoms with Gasteiger partial charge in [-0.2, -0.15) is 0 Å². The highest BCUT2D eigenvalue weighted by molar-refractivity contribution is 5.76. The predicted molar refractivity (Wildman–Crippen MR) is 192 cm³/mol. The molecule has 302 valence electrons. The molecular weight excluding hydrogens is 684 g/mol. The van der Waals surface area contributed by atoms with Crippen molar-refractivity contribution < 1.29 is 59.5 Å². The van der Waals surface area contributed by atoms with Crippen molar-refractivity contribution in [3.05, 3.63) is 12.2 Å². The summed E-state index contributed by atoms with van der Waals surface area (Å²) in [6, 6.07) is 0. The topological polar surface area (TPSA) is 196 Å². The van der Waals surface area contributed by atoms with Gasteiger partial charge in [0.15, 0.2) is 12.6 Å². The van der Waals surface area contributed by atoms with Gasteiger partial charge in [-0.3, -0.25) is 4.79 Å². The normalized spacial score (nSPS) is 56.7.